The molecule has 0 aliphatic rings. The highest BCUT2D eigenvalue weighted by atomic mass is 16.3. The highest BCUT2D eigenvalue weighted by Crippen LogP contribution is 2.14. The van der Waals surface area contributed by atoms with Crippen LogP contribution in [-0.2, 0) is 19.6 Å². The van der Waals surface area contributed by atoms with Crippen LogP contribution in [0.1, 0.15) is 16.8 Å². The number of rotatable bonds is 6. The average molecular weight is 323 g/mol. The van der Waals surface area contributed by atoms with Crippen molar-refractivity contribution in [2.45, 2.75) is 19.6 Å². The van der Waals surface area contributed by atoms with Crippen molar-refractivity contribution in [3.05, 3.63) is 71.4 Å². The van der Waals surface area contributed by atoms with Gasteiger partial charge in [-0.25, -0.2) is 4.79 Å². The SMILES string of the molecule is O=C(NCCc1ccc(CO)cc1)NCc1cc2ccccc2[nH]1. The molecule has 5 heteroatoms. The van der Waals surface area contributed by atoms with Crippen LogP contribution < -0.4 is 10.6 Å². The Labute approximate surface area is 140 Å². The summed E-state index contributed by atoms with van der Waals surface area (Å²) >= 11 is 0. The lowest BCUT2D eigenvalue weighted by Crippen LogP contribution is -2.36. The van der Waals surface area contributed by atoms with Crippen LogP contribution in [0.2, 0.25) is 0 Å². The molecule has 0 atom stereocenters. The van der Waals surface area contributed by atoms with Crippen LogP contribution in [0.3, 0.4) is 0 Å². The molecule has 0 saturated carbocycles. The van der Waals surface area contributed by atoms with E-state index >= 15 is 0 Å². The van der Waals surface area contributed by atoms with Gasteiger partial charge >= 0.3 is 6.03 Å². The van der Waals surface area contributed by atoms with E-state index in [4.69, 9.17) is 5.11 Å². The summed E-state index contributed by atoms with van der Waals surface area (Å²) < 4.78 is 0. The van der Waals surface area contributed by atoms with Gasteiger partial charge in [-0.15, -0.1) is 0 Å². The van der Waals surface area contributed by atoms with Crippen LogP contribution in [-0.4, -0.2) is 22.7 Å². The molecule has 0 aliphatic heterocycles. The molecule has 0 spiro atoms. The first-order valence-electron chi connectivity index (χ1n) is 8.01. The van der Waals surface area contributed by atoms with Crippen LogP contribution in [0, 0.1) is 0 Å². The second-order valence-electron chi connectivity index (χ2n) is 5.72. The van der Waals surface area contributed by atoms with Gasteiger partial charge < -0.3 is 20.7 Å². The van der Waals surface area contributed by atoms with Crippen molar-refractivity contribution in [3.63, 3.8) is 0 Å². The zero-order valence-corrected chi connectivity index (χ0v) is 13.4. The Kier molecular flexibility index (Phi) is 5.13. The monoisotopic (exact) mass is 323 g/mol. The summed E-state index contributed by atoms with van der Waals surface area (Å²) in [5.74, 6) is 0. The van der Waals surface area contributed by atoms with Crippen molar-refractivity contribution in [2.24, 2.45) is 0 Å². The molecule has 0 unspecified atom stereocenters. The fourth-order valence-corrected chi connectivity index (χ4v) is 2.60. The van der Waals surface area contributed by atoms with E-state index in [1.165, 1.54) is 0 Å². The summed E-state index contributed by atoms with van der Waals surface area (Å²) in [6, 6.07) is 17.6. The number of aliphatic hydroxyl groups excluding tert-OH is 1. The molecule has 2 amide bonds. The smallest absolute Gasteiger partial charge is 0.315 e. The molecular weight excluding hydrogens is 302 g/mol. The number of aromatic amines is 1. The van der Waals surface area contributed by atoms with Crippen LogP contribution in [0.5, 0.6) is 0 Å². The molecule has 24 heavy (non-hydrogen) atoms. The van der Waals surface area contributed by atoms with Gasteiger partial charge in [-0.3, -0.25) is 0 Å². The summed E-state index contributed by atoms with van der Waals surface area (Å²) in [6.07, 6.45) is 0.755. The lowest BCUT2D eigenvalue weighted by molar-refractivity contribution is 0.240. The number of benzene rings is 2. The molecule has 124 valence electrons. The number of hydrogen-bond acceptors (Lipinski definition) is 2. The van der Waals surface area contributed by atoms with E-state index < -0.39 is 0 Å². The fraction of sp³-hybridized carbons (Fsp3) is 0.211. The molecule has 1 heterocycles. The third-order valence-corrected chi connectivity index (χ3v) is 3.93. The number of H-pyrrole nitrogens is 1. The van der Waals surface area contributed by atoms with Crippen molar-refractivity contribution in [1.82, 2.24) is 15.6 Å². The maximum atomic E-state index is 11.9. The molecule has 0 radical (unpaired) electrons. The second kappa shape index (κ2) is 7.66. The molecule has 4 N–H and O–H groups in total. The van der Waals surface area contributed by atoms with Gasteiger partial charge in [0.05, 0.1) is 13.2 Å². The van der Waals surface area contributed by atoms with Gasteiger partial charge in [0.15, 0.2) is 0 Å². The second-order valence-corrected chi connectivity index (χ2v) is 5.72. The number of aliphatic hydroxyl groups is 1. The number of carbonyl (C=O) groups is 1. The Morgan fingerprint density at radius 2 is 1.75 bits per heavy atom. The van der Waals surface area contributed by atoms with Gasteiger partial charge in [0.1, 0.15) is 0 Å². The molecule has 5 nitrogen and oxygen atoms in total. The maximum Gasteiger partial charge on any atom is 0.315 e. The van der Waals surface area contributed by atoms with Gasteiger partial charge in [-0.05, 0) is 35.1 Å². The number of urea groups is 1. The lowest BCUT2D eigenvalue weighted by atomic mass is 10.1. The van der Waals surface area contributed by atoms with Crippen molar-refractivity contribution < 1.29 is 9.90 Å². The summed E-state index contributed by atoms with van der Waals surface area (Å²) in [4.78, 5) is 15.1. The Bertz CT molecular complexity index is 776. The molecule has 0 bridgehead atoms. The van der Waals surface area contributed by atoms with Crippen LogP contribution in [0.25, 0.3) is 10.9 Å². The average Bonchev–Trinajstić information content (AvgIpc) is 3.03. The van der Waals surface area contributed by atoms with Gasteiger partial charge in [0.2, 0.25) is 0 Å². The van der Waals surface area contributed by atoms with Crippen LogP contribution in [0.15, 0.2) is 54.6 Å². The van der Waals surface area contributed by atoms with Crippen LogP contribution >= 0.6 is 0 Å². The normalized spacial score (nSPS) is 10.7. The maximum absolute atomic E-state index is 11.9. The number of fused-ring (bicyclic) bond motifs is 1. The standard InChI is InChI=1S/C19H21N3O2/c23-13-15-7-5-14(6-8-15)9-10-20-19(24)21-12-17-11-16-3-1-2-4-18(16)22-17/h1-8,11,22-23H,9-10,12-13H2,(H2,20,21,24). The summed E-state index contributed by atoms with van der Waals surface area (Å²) in [6.45, 7) is 1.08. The third kappa shape index (κ3) is 4.14. The van der Waals surface area contributed by atoms with Crippen molar-refractivity contribution in [1.29, 1.82) is 0 Å². The van der Waals surface area contributed by atoms with E-state index in [0.29, 0.717) is 13.1 Å². The van der Waals surface area contributed by atoms with E-state index in [1.54, 1.807) is 0 Å². The molecule has 2 aromatic carbocycles. The minimum Gasteiger partial charge on any atom is -0.392 e. The number of carbonyl (C=O) groups excluding carboxylic acids is 1. The van der Waals surface area contributed by atoms with E-state index in [9.17, 15) is 4.79 Å². The van der Waals surface area contributed by atoms with Gasteiger partial charge in [0, 0.05) is 17.8 Å². The van der Waals surface area contributed by atoms with Gasteiger partial charge in [0.25, 0.3) is 0 Å². The Morgan fingerprint density at radius 1 is 1.00 bits per heavy atom. The minimum atomic E-state index is -0.180. The van der Waals surface area contributed by atoms with Gasteiger partial charge in [-0.2, -0.15) is 0 Å². The van der Waals surface area contributed by atoms with E-state index in [0.717, 1.165) is 34.1 Å². The quantitative estimate of drug-likeness (QED) is 0.563. The summed E-state index contributed by atoms with van der Waals surface area (Å²) in [7, 11) is 0. The molecular formula is C19H21N3O2. The van der Waals surface area contributed by atoms with Crippen molar-refractivity contribution in [3.8, 4) is 0 Å². The van der Waals surface area contributed by atoms with E-state index in [-0.39, 0.29) is 12.6 Å². The van der Waals surface area contributed by atoms with E-state index in [2.05, 4.69) is 15.6 Å². The minimum absolute atomic E-state index is 0.0503. The zero-order valence-electron chi connectivity index (χ0n) is 13.4. The number of hydrogen-bond donors (Lipinski definition) is 4. The topological polar surface area (TPSA) is 77.2 Å². The molecule has 3 aromatic rings. The molecule has 0 saturated heterocycles. The first-order valence-corrected chi connectivity index (χ1v) is 8.01. The first kappa shape index (κ1) is 16.1. The zero-order chi connectivity index (χ0) is 16.8. The number of aromatic nitrogens is 1. The molecule has 0 aliphatic carbocycles. The lowest BCUT2D eigenvalue weighted by Gasteiger charge is -2.07. The van der Waals surface area contributed by atoms with E-state index in [1.807, 2.05) is 54.6 Å². The highest BCUT2D eigenvalue weighted by Gasteiger charge is 2.03. The predicted octanol–water partition coefficient (Wildman–Crippen LogP) is 2.70. The van der Waals surface area contributed by atoms with Crippen LogP contribution in [0.4, 0.5) is 4.79 Å². The number of nitrogens with one attached hydrogen (secondary N) is 3. The predicted molar refractivity (Wildman–Crippen MR) is 94.6 cm³/mol. The van der Waals surface area contributed by atoms with Crippen molar-refractivity contribution in [2.75, 3.05) is 6.54 Å². The molecule has 1 aromatic heterocycles. The molecule has 3 rings (SSSR count). The first-order chi connectivity index (χ1) is 11.7. The molecule has 0 fully saturated rings. The Hall–Kier alpha value is -2.79. The third-order valence-electron chi connectivity index (χ3n) is 3.93. The highest BCUT2D eigenvalue weighted by molar-refractivity contribution is 5.80. The summed E-state index contributed by atoms with van der Waals surface area (Å²) in [5.41, 5.74) is 4.07. The fourth-order valence-electron chi connectivity index (χ4n) is 2.60. The summed E-state index contributed by atoms with van der Waals surface area (Å²) in [5, 5.41) is 15.8. The van der Waals surface area contributed by atoms with Crippen molar-refractivity contribution >= 4 is 16.9 Å². The Balaban J connectivity index is 1.42. The largest absolute Gasteiger partial charge is 0.392 e. The van der Waals surface area contributed by atoms with Gasteiger partial charge in [-0.1, -0.05) is 42.5 Å². The number of para-hydroxylation sites is 1. The number of amides is 2. The Morgan fingerprint density at radius 3 is 2.50 bits per heavy atom.